The number of nitrogens with one attached hydrogen (secondary N) is 1. The number of nitrogens with zero attached hydrogens (tertiary/aromatic N) is 1. The summed E-state index contributed by atoms with van der Waals surface area (Å²) in [6.07, 6.45) is 0.389. The monoisotopic (exact) mass is 434 g/mol. The fourth-order valence-corrected chi connectivity index (χ4v) is 5.71. The molecule has 2 aromatic carbocycles. The van der Waals surface area contributed by atoms with Gasteiger partial charge in [0.15, 0.2) is 0 Å². The summed E-state index contributed by atoms with van der Waals surface area (Å²) < 4.78 is 54.0. The summed E-state index contributed by atoms with van der Waals surface area (Å²) in [5, 5.41) is 0.879. The summed E-state index contributed by atoms with van der Waals surface area (Å²) in [4.78, 5) is 0.212. The average Bonchev–Trinajstić information content (AvgIpc) is 3.04. The van der Waals surface area contributed by atoms with E-state index in [0.29, 0.717) is 16.5 Å². The lowest BCUT2D eigenvalue weighted by Gasteiger charge is -2.17. The van der Waals surface area contributed by atoms with E-state index in [4.69, 9.17) is 23.2 Å². The first kappa shape index (κ1) is 19.6. The first-order valence-electron chi connectivity index (χ1n) is 7.72. The van der Waals surface area contributed by atoms with Gasteiger partial charge in [0.25, 0.3) is 0 Å². The number of sulfonamides is 2. The van der Waals surface area contributed by atoms with Crippen LogP contribution in [0.4, 0.5) is 0 Å². The molecular formula is C16H16Cl2N2O4S2. The molecule has 0 amide bonds. The molecule has 1 aliphatic heterocycles. The van der Waals surface area contributed by atoms with Gasteiger partial charge in [0.2, 0.25) is 20.0 Å². The summed E-state index contributed by atoms with van der Waals surface area (Å²) in [5.74, 6) is 0. The van der Waals surface area contributed by atoms with Gasteiger partial charge in [-0.1, -0.05) is 23.2 Å². The summed E-state index contributed by atoms with van der Waals surface area (Å²) in [6.45, 7) is 0.302. The molecule has 1 heterocycles. The Morgan fingerprint density at radius 3 is 1.88 bits per heavy atom. The zero-order valence-electron chi connectivity index (χ0n) is 13.5. The third-order valence-corrected chi connectivity index (χ3v) is 7.97. The van der Waals surface area contributed by atoms with E-state index in [1.807, 2.05) is 0 Å². The largest absolute Gasteiger partial charge is 0.243 e. The minimum absolute atomic E-state index is 0.0672. The molecule has 6 nitrogen and oxygen atoms in total. The summed E-state index contributed by atoms with van der Waals surface area (Å²) in [6, 6.07) is 11.2. The number of benzene rings is 2. The highest BCUT2D eigenvalue weighted by Gasteiger charge is 2.34. The van der Waals surface area contributed by atoms with Crippen LogP contribution < -0.4 is 4.72 Å². The molecular weight excluding hydrogens is 419 g/mol. The maximum Gasteiger partial charge on any atom is 0.243 e. The van der Waals surface area contributed by atoms with E-state index in [1.165, 1.54) is 52.8 Å². The zero-order valence-corrected chi connectivity index (χ0v) is 16.6. The summed E-state index contributed by atoms with van der Waals surface area (Å²) in [5.41, 5.74) is 0. The fourth-order valence-electron chi connectivity index (χ4n) is 2.70. The van der Waals surface area contributed by atoms with Crippen LogP contribution in [0.25, 0.3) is 0 Å². The van der Waals surface area contributed by atoms with Gasteiger partial charge in [0.1, 0.15) is 0 Å². The Morgan fingerprint density at radius 2 is 1.35 bits per heavy atom. The molecule has 1 aliphatic rings. The molecule has 0 saturated carbocycles. The molecule has 1 saturated heterocycles. The molecule has 2 aromatic rings. The molecule has 1 fully saturated rings. The third kappa shape index (κ3) is 4.21. The van der Waals surface area contributed by atoms with Crippen molar-refractivity contribution in [1.29, 1.82) is 0 Å². The van der Waals surface area contributed by atoms with Gasteiger partial charge in [-0.2, -0.15) is 4.31 Å². The Morgan fingerprint density at radius 1 is 0.846 bits per heavy atom. The van der Waals surface area contributed by atoms with Gasteiger partial charge in [-0.25, -0.2) is 21.6 Å². The van der Waals surface area contributed by atoms with Crippen molar-refractivity contribution in [3.05, 3.63) is 58.6 Å². The van der Waals surface area contributed by atoms with Crippen LogP contribution in [0.3, 0.4) is 0 Å². The van der Waals surface area contributed by atoms with Crippen LogP contribution in [0.15, 0.2) is 58.3 Å². The molecule has 0 bridgehead atoms. The van der Waals surface area contributed by atoms with Gasteiger partial charge in [-0.3, -0.25) is 0 Å². The van der Waals surface area contributed by atoms with Gasteiger partial charge >= 0.3 is 0 Å². The van der Waals surface area contributed by atoms with E-state index < -0.39 is 26.1 Å². The molecule has 1 atom stereocenters. The molecule has 140 valence electrons. The maximum atomic E-state index is 12.7. The van der Waals surface area contributed by atoms with Crippen molar-refractivity contribution < 1.29 is 16.8 Å². The number of halogens is 2. The number of rotatable bonds is 5. The van der Waals surface area contributed by atoms with Crippen molar-refractivity contribution in [2.45, 2.75) is 22.3 Å². The van der Waals surface area contributed by atoms with Crippen LogP contribution in [0.1, 0.15) is 6.42 Å². The maximum absolute atomic E-state index is 12.7. The molecule has 26 heavy (non-hydrogen) atoms. The number of hydrogen-bond donors (Lipinski definition) is 1. The van der Waals surface area contributed by atoms with Crippen LogP contribution in [0.5, 0.6) is 0 Å². The van der Waals surface area contributed by atoms with Crippen LogP contribution in [0.2, 0.25) is 10.0 Å². The minimum Gasteiger partial charge on any atom is -0.207 e. The van der Waals surface area contributed by atoms with Crippen LogP contribution >= 0.6 is 23.2 Å². The standard InChI is InChI=1S/C16H16Cl2N2O4S2/c17-12-1-5-15(6-2-12)25(21,22)19-14-9-10-20(11-14)26(23,24)16-7-3-13(18)4-8-16/h1-8,14,19H,9-11H2. The van der Waals surface area contributed by atoms with E-state index >= 15 is 0 Å². The van der Waals surface area contributed by atoms with E-state index in [1.54, 1.807) is 0 Å². The van der Waals surface area contributed by atoms with Gasteiger partial charge < -0.3 is 0 Å². The topological polar surface area (TPSA) is 83.6 Å². The third-order valence-electron chi connectivity index (χ3n) is 4.05. The van der Waals surface area contributed by atoms with Gasteiger partial charge in [0, 0.05) is 29.2 Å². The molecule has 1 N–H and O–H groups in total. The molecule has 0 aromatic heterocycles. The number of hydrogen-bond acceptors (Lipinski definition) is 4. The molecule has 0 aliphatic carbocycles. The second-order valence-corrected chi connectivity index (χ2v) is 10.4. The molecule has 1 unspecified atom stereocenters. The van der Waals surface area contributed by atoms with Crippen molar-refractivity contribution in [3.8, 4) is 0 Å². The minimum atomic E-state index is -3.75. The molecule has 0 spiro atoms. The SMILES string of the molecule is O=S(=O)(NC1CCN(S(=O)(=O)c2ccc(Cl)cc2)C1)c1ccc(Cl)cc1. The lowest BCUT2D eigenvalue weighted by Crippen LogP contribution is -2.38. The Hall–Kier alpha value is -1.16. The van der Waals surface area contributed by atoms with Crippen molar-refractivity contribution in [3.63, 3.8) is 0 Å². The zero-order chi connectivity index (χ0) is 18.9. The molecule has 10 heteroatoms. The van der Waals surface area contributed by atoms with Gasteiger partial charge in [-0.15, -0.1) is 0 Å². The average molecular weight is 435 g/mol. The van der Waals surface area contributed by atoms with Crippen LogP contribution in [0, 0.1) is 0 Å². The Balaban J connectivity index is 1.72. The highest BCUT2D eigenvalue weighted by molar-refractivity contribution is 7.89. The van der Waals surface area contributed by atoms with E-state index in [-0.39, 0.29) is 22.9 Å². The lowest BCUT2D eigenvalue weighted by molar-refractivity contribution is 0.467. The second-order valence-electron chi connectivity index (χ2n) is 5.88. The van der Waals surface area contributed by atoms with Crippen molar-refractivity contribution >= 4 is 43.2 Å². The Kier molecular flexibility index (Phi) is 5.62. The molecule has 0 radical (unpaired) electrons. The van der Waals surface area contributed by atoms with Crippen LogP contribution in [-0.4, -0.2) is 40.3 Å². The quantitative estimate of drug-likeness (QED) is 0.783. The summed E-state index contributed by atoms with van der Waals surface area (Å²) >= 11 is 11.6. The first-order valence-corrected chi connectivity index (χ1v) is 11.4. The van der Waals surface area contributed by atoms with Gasteiger partial charge in [0.05, 0.1) is 9.79 Å². The van der Waals surface area contributed by atoms with Crippen molar-refractivity contribution in [1.82, 2.24) is 9.03 Å². The predicted octanol–water partition coefficient (Wildman–Crippen LogP) is 2.73. The highest BCUT2D eigenvalue weighted by atomic mass is 35.5. The van der Waals surface area contributed by atoms with Crippen LogP contribution in [-0.2, 0) is 20.0 Å². The van der Waals surface area contributed by atoms with Crippen molar-refractivity contribution in [2.24, 2.45) is 0 Å². The smallest absolute Gasteiger partial charge is 0.207 e. The predicted molar refractivity (Wildman–Crippen MR) is 100 cm³/mol. The van der Waals surface area contributed by atoms with E-state index in [9.17, 15) is 16.8 Å². The highest BCUT2D eigenvalue weighted by Crippen LogP contribution is 2.23. The first-order chi connectivity index (χ1) is 12.2. The summed E-state index contributed by atoms with van der Waals surface area (Å²) in [7, 11) is -7.44. The Labute approximate surface area is 162 Å². The van der Waals surface area contributed by atoms with Gasteiger partial charge in [-0.05, 0) is 55.0 Å². The van der Waals surface area contributed by atoms with E-state index in [0.717, 1.165) is 0 Å². The normalized spacial score (nSPS) is 18.9. The lowest BCUT2D eigenvalue weighted by atomic mass is 10.3. The van der Waals surface area contributed by atoms with E-state index in [2.05, 4.69) is 4.72 Å². The molecule has 3 rings (SSSR count). The van der Waals surface area contributed by atoms with Crippen molar-refractivity contribution in [2.75, 3.05) is 13.1 Å². The second kappa shape index (κ2) is 7.46. The Bertz CT molecular complexity index is 992. The fraction of sp³-hybridized carbons (Fsp3) is 0.250.